The Bertz CT molecular complexity index is 1360. The molecule has 0 fully saturated rings. The number of aryl methyl sites for hydroxylation is 3. The van der Waals surface area contributed by atoms with Crippen molar-refractivity contribution < 1.29 is 33.6 Å². The van der Waals surface area contributed by atoms with E-state index in [1.54, 1.807) is 30.0 Å². The van der Waals surface area contributed by atoms with Crippen LogP contribution in [-0.4, -0.2) is 61.1 Å². The number of carboxylic acid groups (broad SMARTS) is 1. The Labute approximate surface area is 269 Å². The highest BCUT2D eigenvalue weighted by Crippen LogP contribution is 2.24. The maximum Gasteiger partial charge on any atom is 0.415 e. The molecule has 3 rings (SSSR count). The van der Waals surface area contributed by atoms with Gasteiger partial charge in [-0.25, -0.2) is 9.59 Å². The van der Waals surface area contributed by atoms with E-state index in [2.05, 4.69) is 0 Å². The van der Waals surface area contributed by atoms with Crippen molar-refractivity contribution in [2.45, 2.75) is 59.7 Å². The fraction of sp³-hybridized carbons (Fsp3) is 0.412. The lowest BCUT2D eigenvalue weighted by Crippen LogP contribution is -2.37. The van der Waals surface area contributed by atoms with E-state index >= 15 is 0 Å². The summed E-state index contributed by atoms with van der Waals surface area (Å²) in [6, 6.07) is 16.4. The number of benzene rings is 3. The van der Waals surface area contributed by atoms with Crippen LogP contribution in [0.3, 0.4) is 0 Å². The summed E-state index contributed by atoms with van der Waals surface area (Å²) in [5.74, 6) is 0.160. The largest absolute Gasteiger partial charge is 0.492 e. The number of hydrogen-bond donors (Lipinski definition) is 1. The van der Waals surface area contributed by atoms with E-state index in [0.717, 1.165) is 34.2 Å². The van der Waals surface area contributed by atoms with Crippen molar-refractivity contribution in [3.8, 4) is 11.5 Å². The Morgan fingerprint density at radius 1 is 0.841 bits per heavy atom. The predicted octanol–water partition coefficient (Wildman–Crippen LogP) is 7.83. The molecule has 3 aromatic carbocycles. The molecular weight excluding hydrogens is 605 g/mol. The molecule has 1 amide bonds. The number of unbranched alkanes of at least 4 members (excludes halogenated alkanes) is 1. The third-order valence-corrected chi connectivity index (χ3v) is 7.46. The van der Waals surface area contributed by atoms with Crippen molar-refractivity contribution in [3.63, 3.8) is 0 Å². The number of carbonyl (C=O) groups is 2. The molecule has 10 heteroatoms. The van der Waals surface area contributed by atoms with Gasteiger partial charge in [0.1, 0.15) is 18.1 Å². The first kappa shape index (κ1) is 35.2. The SMILES string of the molecule is CCOC(Cc1ccc(OCCN(CCCCOCc2cc(Cl)cc(Cl)c2)C(=O)Oc2cc(C)c(C)cc2C)cc1)C(=O)O. The van der Waals surface area contributed by atoms with Gasteiger partial charge in [-0.1, -0.05) is 41.4 Å². The van der Waals surface area contributed by atoms with Crippen LogP contribution in [0, 0.1) is 20.8 Å². The van der Waals surface area contributed by atoms with E-state index in [0.29, 0.717) is 60.9 Å². The van der Waals surface area contributed by atoms with Crippen LogP contribution < -0.4 is 9.47 Å². The number of hydrogen-bond acceptors (Lipinski definition) is 6. The normalized spacial score (nSPS) is 11.7. The van der Waals surface area contributed by atoms with Crippen molar-refractivity contribution in [1.82, 2.24) is 4.90 Å². The third-order valence-electron chi connectivity index (χ3n) is 7.02. The number of aliphatic carboxylic acids is 1. The van der Waals surface area contributed by atoms with Gasteiger partial charge in [-0.2, -0.15) is 0 Å². The van der Waals surface area contributed by atoms with Crippen molar-refractivity contribution in [3.05, 3.63) is 92.5 Å². The molecule has 0 bridgehead atoms. The minimum Gasteiger partial charge on any atom is -0.492 e. The number of halogens is 2. The van der Waals surface area contributed by atoms with Crippen LogP contribution in [-0.2, 0) is 27.3 Å². The molecule has 238 valence electrons. The standard InChI is InChI=1S/C34H41Cl2NO7/c1-5-42-32(33(38)39)20-26-8-10-30(11-9-26)43-15-13-37(34(40)44-31-17-24(3)23(2)16-25(31)4)12-6-7-14-41-22-27-18-28(35)21-29(36)19-27/h8-11,16-19,21,32H,5-7,12-15,20,22H2,1-4H3,(H,38,39). The first-order chi connectivity index (χ1) is 21.0. The van der Waals surface area contributed by atoms with E-state index < -0.39 is 18.2 Å². The highest BCUT2D eigenvalue weighted by molar-refractivity contribution is 6.34. The van der Waals surface area contributed by atoms with Gasteiger partial charge in [0.15, 0.2) is 6.10 Å². The zero-order chi connectivity index (χ0) is 32.1. The first-order valence-corrected chi connectivity index (χ1v) is 15.4. The molecule has 8 nitrogen and oxygen atoms in total. The Hall–Kier alpha value is -3.30. The number of carboxylic acids is 1. The maximum absolute atomic E-state index is 13.3. The second kappa shape index (κ2) is 17.9. The summed E-state index contributed by atoms with van der Waals surface area (Å²) in [4.78, 5) is 26.3. The highest BCUT2D eigenvalue weighted by atomic mass is 35.5. The van der Waals surface area contributed by atoms with Crippen LogP contribution >= 0.6 is 23.2 Å². The summed E-state index contributed by atoms with van der Waals surface area (Å²) in [5.41, 5.74) is 4.80. The zero-order valence-corrected chi connectivity index (χ0v) is 27.2. The smallest absolute Gasteiger partial charge is 0.415 e. The quantitative estimate of drug-likeness (QED) is 0.149. The topological polar surface area (TPSA) is 94.5 Å². The molecule has 1 N–H and O–H groups in total. The lowest BCUT2D eigenvalue weighted by molar-refractivity contribution is -0.149. The van der Waals surface area contributed by atoms with E-state index in [1.165, 1.54) is 0 Å². The fourth-order valence-corrected chi connectivity index (χ4v) is 5.09. The van der Waals surface area contributed by atoms with Gasteiger partial charge in [-0.3, -0.25) is 0 Å². The summed E-state index contributed by atoms with van der Waals surface area (Å²) >= 11 is 12.1. The van der Waals surface area contributed by atoms with Gasteiger partial charge >= 0.3 is 12.1 Å². The molecule has 0 aromatic heterocycles. The van der Waals surface area contributed by atoms with Crippen LogP contribution in [0.5, 0.6) is 11.5 Å². The van der Waals surface area contributed by atoms with Gasteiger partial charge in [0, 0.05) is 36.2 Å². The van der Waals surface area contributed by atoms with E-state index in [9.17, 15) is 14.7 Å². The van der Waals surface area contributed by atoms with Crippen LogP contribution in [0.15, 0.2) is 54.6 Å². The minimum absolute atomic E-state index is 0.253. The number of carbonyl (C=O) groups excluding carboxylic acids is 1. The monoisotopic (exact) mass is 645 g/mol. The molecule has 0 saturated carbocycles. The first-order valence-electron chi connectivity index (χ1n) is 14.7. The number of rotatable bonds is 17. The molecule has 0 aliphatic rings. The van der Waals surface area contributed by atoms with Crippen LogP contribution in [0.4, 0.5) is 4.79 Å². The number of amides is 1. The summed E-state index contributed by atoms with van der Waals surface area (Å²) < 4.78 is 22.8. The van der Waals surface area contributed by atoms with E-state index in [-0.39, 0.29) is 13.0 Å². The predicted molar refractivity (Wildman–Crippen MR) is 172 cm³/mol. The van der Waals surface area contributed by atoms with Gasteiger partial charge in [0.25, 0.3) is 0 Å². The van der Waals surface area contributed by atoms with Gasteiger partial charge in [0.05, 0.1) is 13.2 Å². The molecule has 1 atom stereocenters. The van der Waals surface area contributed by atoms with E-state index in [1.807, 2.05) is 57.2 Å². The van der Waals surface area contributed by atoms with Gasteiger partial charge in [-0.05, 0) is 105 Å². The van der Waals surface area contributed by atoms with Gasteiger partial charge in [0.2, 0.25) is 0 Å². The molecule has 0 aliphatic heterocycles. The molecular formula is C34H41Cl2NO7. The third kappa shape index (κ3) is 11.7. The lowest BCUT2D eigenvalue weighted by atomic mass is 10.1. The average molecular weight is 647 g/mol. The molecule has 0 radical (unpaired) electrons. The highest BCUT2D eigenvalue weighted by Gasteiger charge is 2.19. The van der Waals surface area contributed by atoms with Crippen LogP contribution in [0.2, 0.25) is 10.0 Å². The van der Waals surface area contributed by atoms with Crippen molar-refractivity contribution >= 4 is 35.3 Å². The Morgan fingerprint density at radius 2 is 1.52 bits per heavy atom. The Balaban J connectivity index is 1.55. The van der Waals surface area contributed by atoms with Gasteiger partial charge < -0.3 is 29.0 Å². The molecule has 3 aromatic rings. The maximum atomic E-state index is 13.3. The zero-order valence-electron chi connectivity index (χ0n) is 25.7. The molecule has 0 spiro atoms. The summed E-state index contributed by atoms with van der Waals surface area (Å²) in [6.07, 6.45) is 0.365. The summed E-state index contributed by atoms with van der Waals surface area (Å²) in [6.45, 7) is 9.96. The molecule has 44 heavy (non-hydrogen) atoms. The molecule has 0 heterocycles. The van der Waals surface area contributed by atoms with Crippen molar-refractivity contribution in [2.75, 3.05) is 32.9 Å². The van der Waals surface area contributed by atoms with Crippen LogP contribution in [0.25, 0.3) is 0 Å². The van der Waals surface area contributed by atoms with Crippen LogP contribution in [0.1, 0.15) is 47.6 Å². The molecule has 0 aliphatic carbocycles. The Kier molecular flexibility index (Phi) is 14.3. The number of ether oxygens (including phenoxy) is 4. The molecule has 0 saturated heterocycles. The summed E-state index contributed by atoms with van der Waals surface area (Å²) in [7, 11) is 0. The van der Waals surface area contributed by atoms with E-state index in [4.69, 9.17) is 42.1 Å². The Morgan fingerprint density at radius 3 is 2.18 bits per heavy atom. The van der Waals surface area contributed by atoms with Crippen molar-refractivity contribution in [2.24, 2.45) is 0 Å². The van der Waals surface area contributed by atoms with Crippen molar-refractivity contribution in [1.29, 1.82) is 0 Å². The molecule has 1 unspecified atom stereocenters. The average Bonchev–Trinajstić information content (AvgIpc) is 2.96. The van der Waals surface area contributed by atoms with Gasteiger partial charge in [-0.15, -0.1) is 0 Å². The second-order valence-corrected chi connectivity index (χ2v) is 11.4. The second-order valence-electron chi connectivity index (χ2n) is 10.6. The minimum atomic E-state index is -0.993. The summed E-state index contributed by atoms with van der Waals surface area (Å²) in [5, 5.41) is 10.5. The fourth-order valence-electron chi connectivity index (χ4n) is 4.52. The lowest BCUT2D eigenvalue weighted by Gasteiger charge is -2.23. The number of nitrogens with zero attached hydrogens (tertiary/aromatic N) is 1.